The van der Waals surface area contributed by atoms with Gasteiger partial charge >= 0.3 is 0 Å². The number of hydrogen-bond donors (Lipinski definition) is 5. The Morgan fingerprint density at radius 3 is 2.62 bits per heavy atom. The molecule has 2 fully saturated rings. The molecule has 40 heavy (non-hydrogen) atoms. The Hall–Kier alpha value is -3.48. The Balaban J connectivity index is 0.000000595. The van der Waals surface area contributed by atoms with Gasteiger partial charge in [-0.3, -0.25) is 9.35 Å². The number of aromatic nitrogens is 4. The smallest absolute Gasteiger partial charge is 0.261 e. The van der Waals surface area contributed by atoms with Gasteiger partial charge in [0.1, 0.15) is 23.7 Å². The minimum atomic E-state index is -3.67. The molecule has 1 saturated carbocycles. The van der Waals surface area contributed by atoms with Crippen LogP contribution in [0.25, 0.3) is 33.2 Å². The number of nitrogens with one attached hydrogen (secondary N) is 3. The molecule has 1 aliphatic carbocycles. The van der Waals surface area contributed by atoms with Gasteiger partial charge < -0.3 is 25.8 Å². The normalized spacial score (nSPS) is 20.0. The summed E-state index contributed by atoms with van der Waals surface area (Å²) in [5.41, 5.74) is 11.2. The second kappa shape index (κ2) is 11.2. The molecule has 12 heteroatoms. The summed E-state index contributed by atoms with van der Waals surface area (Å²) in [5, 5.41) is 3.51. The monoisotopic (exact) mass is 568 g/mol. The SMILES string of the molecule is CS(=O)(=O)O.C[C@@]1(COc2cc(-c3ccc4nc(C5CCCCC5)[nH]c4c3)c3nc[nH]c3c2C(N)=O)CCCN1. The standard InChI is InChI=1S/C27H32N6O2.CH4O3S/c1-27(10-5-11-31-27)14-35-21-13-18(23-24(30-15-29-23)22(21)25(28)34)17-8-9-19-20(12-17)33-26(32-19)16-6-3-2-4-7-16;1-5(2,3)4/h8-9,12-13,15-16,31H,2-7,10-11,14H2,1H3,(H2,28,34)(H,29,30)(H,32,33);1H3,(H,2,3,4)/t27-;/m0./s1. The van der Waals surface area contributed by atoms with E-state index in [-0.39, 0.29) is 5.54 Å². The van der Waals surface area contributed by atoms with Crippen molar-refractivity contribution < 1.29 is 22.5 Å². The van der Waals surface area contributed by atoms with Crippen LogP contribution in [0.5, 0.6) is 5.75 Å². The van der Waals surface area contributed by atoms with Gasteiger partial charge in [-0.25, -0.2) is 9.97 Å². The number of fused-ring (bicyclic) bond motifs is 2. The first-order valence-corrected chi connectivity index (χ1v) is 15.5. The lowest BCUT2D eigenvalue weighted by atomic mass is 9.89. The summed E-state index contributed by atoms with van der Waals surface area (Å²) < 4.78 is 32.1. The number of rotatable bonds is 6. The molecule has 3 heterocycles. The Kier molecular flexibility index (Phi) is 7.85. The van der Waals surface area contributed by atoms with Crippen molar-refractivity contribution in [3.05, 3.63) is 42.0 Å². The summed E-state index contributed by atoms with van der Waals surface area (Å²) in [7, 11) is -3.67. The van der Waals surface area contributed by atoms with Crippen LogP contribution >= 0.6 is 0 Å². The topological polar surface area (TPSA) is 176 Å². The molecule has 0 unspecified atom stereocenters. The fourth-order valence-corrected chi connectivity index (χ4v) is 5.75. The van der Waals surface area contributed by atoms with Crippen LogP contribution in [0.4, 0.5) is 0 Å². The third kappa shape index (κ3) is 6.29. The van der Waals surface area contributed by atoms with E-state index in [0.717, 1.165) is 47.4 Å². The molecule has 1 amide bonds. The lowest BCUT2D eigenvalue weighted by molar-refractivity contribution is 0.0995. The first kappa shape index (κ1) is 28.1. The second-order valence-corrected chi connectivity index (χ2v) is 12.6. The number of nitrogens with two attached hydrogens (primary N) is 1. The van der Waals surface area contributed by atoms with Gasteiger partial charge in [-0.15, -0.1) is 0 Å². The van der Waals surface area contributed by atoms with Crippen LogP contribution in [0.15, 0.2) is 30.6 Å². The van der Waals surface area contributed by atoms with E-state index in [2.05, 4.69) is 45.4 Å². The highest BCUT2D eigenvalue weighted by atomic mass is 32.2. The Morgan fingerprint density at radius 1 is 1.20 bits per heavy atom. The Morgan fingerprint density at radius 2 is 1.95 bits per heavy atom. The van der Waals surface area contributed by atoms with E-state index >= 15 is 0 Å². The molecule has 1 aliphatic heterocycles. The van der Waals surface area contributed by atoms with Gasteiger partial charge in [0.2, 0.25) is 0 Å². The highest BCUT2D eigenvalue weighted by molar-refractivity contribution is 7.85. The van der Waals surface area contributed by atoms with Crippen LogP contribution in [0, 0.1) is 0 Å². The van der Waals surface area contributed by atoms with Gasteiger partial charge in [0, 0.05) is 17.0 Å². The van der Waals surface area contributed by atoms with E-state index in [4.69, 9.17) is 20.0 Å². The number of carbonyl (C=O) groups is 1. The van der Waals surface area contributed by atoms with E-state index < -0.39 is 16.0 Å². The van der Waals surface area contributed by atoms with Gasteiger partial charge in [-0.1, -0.05) is 25.3 Å². The molecule has 0 bridgehead atoms. The average Bonchev–Trinajstić information content (AvgIpc) is 3.65. The van der Waals surface area contributed by atoms with Gasteiger partial charge in [0.25, 0.3) is 16.0 Å². The number of imidazole rings is 2. The molecule has 214 valence electrons. The van der Waals surface area contributed by atoms with Crippen molar-refractivity contribution in [2.45, 2.75) is 63.3 Å². The molecule has 6 N–H and O–H groups in total. The van der Waals surface area contributed by atoms with Crippen molar-refractivity contribution >= 4 is 38.1 Å². The zero-order chi connectivity index (χ0) is 28.5. The summed E-state index contributed by atoms with van der Waals surface area (Å²) in [4.78, 5) is 28.6. The fourth-order valence-electron chi connectivity index (χ4n) is 5.75. The average molecular weight is 569 g/mol. The first-order valence-electron chi connectivity index (χ1n) is 13.6. The molecule has 0 spiro atoms. The first-order chi connectivity index (χ1) is 19.0. The van der Waals surface area contributed by atoms with E-state index in [9.17, 15) is 13.2 Å². The van der Waals surface area contributed by atoms with E-state index in [1.54, 1.807) is 6.33 Å². The number of aromatic amines is 2. The van der Waals surface area contributed by atoms with Crippen LogP contribution < -0.4 is 15.8 Å². The maximum Gasteiger partial charge on any atom is 0.261 e. The van der Waals surface area contributed by atoms with Crippen molar-refractivity contribution in [2.75, 3.05) is 19.4 Å². The molecule has 1 saturated heterocycles. The van der Waals surface area contributed by atoms with Crippen LogP contribution in [0.2, 0.25) is 0 Å². The Labute approximate surface area is 233 Å². The van der Waals surface area contributed by atoms with Crippen molar-refractivity contribution in [2.24, 2.45) is 5.73 Å². The highest BCUT2D eigenvalue weighted by Crippen LogP contribution is 2.38. The number of hydrogen-bond acceptors (Lipinski definition) is 7. The van der Waals surface area contributed by atoms with E-state index in [1.165, 1.54) is 32.1 Å². The van der Waals surface area contributed by atoms with Gasteiger partial charge in [0.15, 0.2) is 0 Å². The minimum absolute atomic E-state index is 0.123. The molecule has 2 aromatic heterocycles. The molecule has 0 radical (unpaired) electrons. The van der Waals surface area contributed by atoms with Crippen LogP contribution in [0.3, 0.4) is 0 Å². The largest absolute Gasteiger partial charge is 0.491 e. The molecular formula is C28H36N6O5S. The van der Waals surface area contributed by atoms with Gasteiger partial charge in [-0.05, 0) is 62.9 Å². The maximum absolute atomic E-state index is 12.5. The number of H-pyrrole nitrogens is 2. The van der Waals surface area contributed by atoms with Gasteiger partial charge in [0.05, 0.1) is 34.6 Å². The number of carbonyl (C=O) groups excluding carboxylic acids is 1. The summed E-state index contributed by atoms with van der Waals surface area (Å²) in [6.07, 6.45) is 10.7. The molecule has 6 rings (SSSR count). The quantitative estimate of drug-likeness (QED) is 0.214. The van der Waals surface area contributed by atoms with Crippen molar-refractivity contribution in [3.63, 3.8) is 0 Å². The molecule has 11 nitrogen and oxygen atoms in total. The number of ether oxygens (including phenoxy) is 1. The molecule has 2 aromatic carbocycles. The van der Waals surface area contributed by atoms with Crippen molar-refractivity contribution in [3.8, 4) is 16.9 Å². The zero-order valence-corrected chi connectivity index (χ0v) is 23.6. The molecule has 1 atom stereocenters. The third-order valence-electron chi connectivity index (χ3n) is 7.72. The maximum atomic E-state index is 12.5. The predicted octanol–water partition coefficient (Wildman–Crippen LogP) is 4.28. The van der Waals surface area contributed by atoms with Crippen LogP contribution in [-0.2, 0) is 10.1 Å². The van der Waals surface area contributed by atoms with Crippen molar-refractivity contribution in [1.29, 1.82) is 0 Å². The third-order valence-corrected chi connectivity index (χ3v) is 7.72. The summed E-state index contributed by atoms with van der Waals surface area (Å²) >= 11 is 0. The number of primary amides is 1. The lowest BCUT2D eigenvalue weighted by Crippen LogP contribution is -2.42. The zero-order valence-electron chi connectivity index (χ0n) is 22.8. The fraction of sp³-hybridized carbons (Fsp3) is 0.464. The lowest BCUT2D eigenvalue weighted by Gasteiger charge is -2.25. The number of nitrogens with zero attached hydrogens (tertiary/aromatic N) is 2. The predicted molar refractivity (Wildman–Crippen MR) is 154 cm³/mol. The van der Waals surface area contributed by atoms with E-state index in [0.29, 0.717) is 41.1 Å². The molecule has 4 aromatic rings. The number of benzene rings is 2. The van der Waals surface area contributed by atoms with Gasteiger partial charge in [-0.2, -0.15) is 8.42 Å². The van der Waals surface area contributed by atoms with Crippen LogP contribution in [-0.4, -0.2) is 63.8 Å². The van der Waals surface area contributed by atoms with Crippen molar-refractivity contribution in [1.82, 2.24) is 25.3 Å². The Bertz CT molecular complexity index is 1620. The summed E-state index contributed by atoms with van der Waals surface area (Å²) in [6.45, 7) is 3.58. The molecular weight excluding hydrogens is 532 g/mol. The summed E-state index contributed by atoms with van der Waals surface area (Å²) in [5.74, 6) is 1.54. The second-order valence-electron chi connectivity index (χ2n) is 11.1. The summed E-state index contributed by atoms with van der Waals surface area (Å²) in [6, 6.07) is 8.13. The van der Waals surface area contributed by atoms with E-state index in [1.807, 2.05) is 6.07 Å². The highest BCUT2D eigenvalue weighted by Gasteiger charge is 2.30. The minimum Gasteiger partial charge on any atom is -0.491 e. The van der Waals surface area contributed by atoms with Crippen LogP contribution in [0.1, 0.15) is 74.0 Å². The number of amides is 1. The molecule has 2 aliphatic rings.